The first-order valence-corrected chi connectivity index (χ1v) is 10.1. The number of anilines is 1. The Labute approximate surface area is 162 Å². The SMILES string of the molecule is O=C1N[C@@H](c2cccnc2)Nc2sc3c(c21)CC[NH+](Cc1ccccc1)C3. The van der Waals surface area contributed by atoms with Gasteiger partial charge in [-0.25, -0.2) is 0 Å². The monoisotopic (exact) mass is 377 g/mol. The molecule has 1 unspecified atom stereocenters. The van der Waals surface area contributed by atoms with Gasteiger partial charge in [-0.15, -0.1) is 11.3 Å². The average Bonchev–Trinajstić information content (AvgIpc) is 3.07. The number of amides is 1. The van der Waals surface area contributed by atoms with Crippen LogP contribution < -0.4 is 15.5 Å². The lowest BCUT2D eigenvalue weighted by Gasteiger charge is -2.27. The Morgan fingerprint density at radius 1 is 1.15 bits per heavy atom. The largest absolute Gasteiger partial charge is 0.353 e. The van der Waals surface area contributed by atoms with Crippen molar-refractivity contribution >= 4 is 22.2 Å². The van der Waals surface area contributed by atoms with Crippen LogP contribution in [0.3, 0.4) is 0 Å². The lowest BCUT2D eigenvalue weighted by Crippen LogP contribution is -3.10. The number of quaternary nitrogens is 1. The Balaban J connectivity index is 1.39. The number of benzene rings is 1. The second-order valence-electron chi connectivity index (χ2n) is 7.13. The molecule has 0 fully saturated rings. The molecule has 0 saturated heterocycles. The summed E-state index contributed by atoms with van der Waals surface area (Å²) in [4.78, 5) is 19.9. The van der Waals surface area contributed by atoms with Crippen molar-refractivity contribution in [2.75, 3.05) is 11.9 Å². The van der Waals surface area contributed by atoms with Crippen molar-refractivity contribution in [3.05, 3.63) is 82.0 Å². The first-order chi connectivity index (χ1) is 13.3. The fourth-order valence-electron chi connectivity index (χ4n) is 4.00. The molecule has 2 aromatic heterocycles. The van der Waals surface area contributed by atoms with Crippen LogP contribution in [0.1, 0.15) is 38.1 Å². The summed E-state index contributed by atoms with van der Waals surface area (Å²) in [6, 6.07) is 14.5. The van der Waals surface area contributed by atoms with Crippen molar-refractivity contribution in [2.24, 2.45) is 0 Å². The number of fused-ring (bicyclic) bond motifs is 3. The van der Waals surface area contributed by atoms with Gasteiger partial charge in [0.15, 0.2) is 0 Å². The topological polar surface area (TPSA) is 58.5 Å². The molecule has 0 spiro atoms. The maximum absolute atomic E-state index is 12.8. The molecule has 2 atom stereocenters. The van der Waals surface area contributed by atoms with E-state index in [-0.39, 0.29) is 12.1 Å². The van der Waals surface area contributed by atoms with Crippen molar-refractivity contribution in [1.29, 1.82) is 0 Å². The van der Waals surface area contributed by atoms with Crippen LogP contribution in [0.15, 0.2) is 54.9 Å². The fraction of sp³-hybridized carbons (Fsp3) is 0.238. The minimum atomic E-state index is -0.216. The number of nitrogens with one attached hydrogen (secondary N) is 3. The summed E-state index contributed by atoms with van der Waals surface area (Å²) in [6.45, 7) is 3.07. The summed E-state index contributed by atoms with van der Waals surface area (Å²) < 4.78 is 0. The minimum absolute atomic E-state index is 0.0293. The number of hydrogen-bond donors (Lipinski definition) is 3. The fourth-order valence-corrected chi connectivity index (χ4v) is 5.34. The van der Waals surface area contributed by atoms with Crippen LogP contribution in [0.2, 0.25) is 0 Å². The lowest BCUT2D eigenvalue weighted by molar-refractivity contribution is -0.929. The molecule has 0 bridgehead atoms. The van der Waals surface area contributed by atoms with Crippen LogP contribution in [-0.2, 0) is 19.5 Å². The molecular weight excluding hydrogens is 356 g/mol. The number of thiophene rings is 1. The molecule has 3 aromatic rings. The summed E-state index contributed by atoms with van der Waals surface area (Å²) in [5.74, 6) is 0.0293. The summed E-state index contributed by atoms with van der Waals surface area (Å²) in [6.07, 6.45) is 4.28. The zero-order chi connectivity index (χ0) is 18.2. The highest BCUT2D eigenvalue weighted by atomic mass is 32.1. The average molecular weight is 377 g/mol. The number of hydrogen-bond acceptors (Lipinski definition) is 4. The van der Waals surface area contributed by atoms with Crippen molar-refractivity contribution in [2.45, 2.75) is 25.7 Å². The number of rotatable bonds is 3. The van der Waals surface area contributed by atoms with E-state index in [1.54, 1.807) is 28.6 Å². The van der Waals surface area contributed by atoms with Gasteiger partial charge in [0.25, 0.3) is 5.91 Å². The normalized spacial score (nSPS) is 21.0. The van der Waals surface area contributed by atoms with Gasteiger partial charge in [0.05, 0.1) is 17.0 Å². The van der Waals surface area contributed by atoms with Gasteiger partial charge in [-0.3, -0.25) is 9.78 Å². The predicted molar refractivity (Wildman–Crippen MR) is 106 cm³/mol. The zero-order valence-electron chi connectivity index (χ0n) is 14.9. The Morgan fingerprint density at radius 2 is 2.04 bits per heavy atom. The van der Waals surface area contributed by atoms with Gasteiger partial charge in [0, 0.05) is 29.9 Å². The molecule has 0 aliphatic carbocycles. The Bertz CT molecular complexity index is 971. The molecule has 6 heteroatoms. The Kier molecular flexibility index (Phi) is 4.14. The lowest BCUT2D eigenvalue weighted by atomic mass is 10.00. The highest BCUT2D eigenvalue weighted by molar-refractivity contribution is 7.16. The highest BCUT2D eigenvalue weighted by Crippen LogP contribution is 2.38. The maximum Gasteiger partial charge on any atom is 0.256 e. The van der Waals surface area contributed by atoms with Gasteiger partial charge in [-0.05, 0) is 11.6 Å². The molecule has 0 radical (unpaired) electrons. The number of carbonyl (C=O) groups is 1. The van der Waals surface area contributed by atoms with Crippen molar-refractivity contribution in [3.63, 3.8) is 0 Å². The molecule has 5 rings (SSSR count). The van der Waals surface area contributed by atoms with Gasteiger partial charge in [-0.1, -0.05) is 36.4 Å². The highest BCUT2D eigenvalue weighted by Gasteiger charge is 2.34. The molecule has 1 amide bonds. The minimum Gasteiger partial charge on any atom is -0.353 e. The number of nitrogens with zero attached hydrogens (tertiary/aromatic N) is 1. The van der Waals surface area contributed by atoms with Crippen molar-refractivity contribution in [3.8, 4) is 0 Å². The number of aromatic nitrogens is 1. The van der Waals surface area contributed by atoms with Crippen LogP contribution in [0.5, 0.6) is 0 Å². The van der Waals surface area contributed by atoms with Gasteiger partial charge in [0.1, 0.15) is 24.3 Å². The summed E-state index contributed by atoms with van der Waals surface area (Å²) in [7, 11) is 0. The van der Waals surface area contributed by atoms with Gasteiger partial charge in [0.2, 0.25) is 0 Å². The molecule has 2 aliphatic heterocycles. The molecule has 2 aliphatic rings. The third kappa shape index (κ3) is 3.11. The van der Waals surface area contributed by atoms with E-state index < -0.39 is 0 Å². The van der Waals surface area contributed by atoms with E-state index in [0.29, 0.717) is 0 Å². The molecule has 1 aromatic carbocycles. The van der Waals surface area contributed by atoms with E-state index in [0.717, 1.165) is 42.2 Å². The van der Waals surface area contributed by atoms with E-state index in [4.69, 9.17) is 0 Å². The molecule has 136 valence electrons. The first-order valence-electron chi connectivity index (χ1n) is 9.27. The molecule has 0 saturated carbocycles. The third-order valence-corrected chi connectivity index (χ3v) is 6.49. The molecule has 4 heterocycles. The van der Waals surface area contributed by atoms with Gasteiger partial charge < -0.3 is 15.5 Å². The Morgan fingerprint density at radius 3 is 2.85 bits per heavy atom. The summed E-state index contributed by atoms with van der Waals surface area (Å²) >= 11 is 1.74. The summed E-state index contributed by atoms with van der Waals surface area (Å²) in [5.41, 5.74) is 4.43. The van der Waals surface area contributed by atoms with E-state index in [9.17, 15) is 4.79 Å². The van der Waals surface area contributed by atoms with Crippen molar-refractivity contribution < 1.29 is 9.69 Å². The van der Waals surface area contributed by atoms with Crippen LogP contribution in [0.25, 0.3) is 0 Å². The second kappa shape index (κ2) is 6.79. The molecule has 5 nitrogen and oxygen atoms in total. The van der Waals surface area contributed by atoms with Gasteiger partial charge >= 0.3 is 0 Å². The second-order valence-corrected chi connectivity index (χ2v) is 8.24. The molecular formula is C21H21N4OS+. The molecule has 27 heavy (non-hydrogen) atoms. The standard InChI is InChI=1S/C21H20N4OS/c26-20-18-16-8-10-25(12-14-5-2-1-3-6-14)13-17(16)27-21(18)24-19(23-20)15-7-4-9-22-11-15/h1-7,9,11,19,24H,8,10,12-13H2,(H,23,26)/p+1/t19-/m1/s1. The van der Waals surface area contributed by atoms with E-state index in [1.165, 1.54) is 16.0 Å². The smallest absolute Gasteiger partial charge is 0.256 e. The van der Waals surface area contributed by atoms with Crippen molar-refractivity contribution in [1.82, 2.24) is 10.3 Å². The van der Waals surface area contributed by atoms with Crippen LogP contribution >= 0.6 is 11.3 Å². The van der Waals surface area contributed by atoms with Crippen LogP contribution in [0, 0.1) is 0 Å². The van der Waals surface area contributed by atoms with Gasteiger partial charge in [-0.2, -0.15) is 0 Å². The third-order valence-electron chi connectivity index (χ3n) is 5.32. The van der Waals surface area contributed by atoms with Crippen LogP contribution in [0.4, 0.5) is 5.00 Å². The zero-order valence-corrected chi connectivity index (χ0v) is 15.7. The van der Waals surface area contributed by atoms with E-state index in [1.807, 2.05) is 12.1 Å². The van der Waals surface area contributed by atoms with Crippen LogP contribution in [-0.4, -0.2) is 17.4 Å². The quantitative estimate of drug-likeness (QED) is 0.655. The predicted octanol–water partition coefficient (Wildman–Crippen LogP) is 2.14. The van der Waals surface area contributed by atoms with E-state index in [2.05, 4.69) is 45.9 Å². The Hall–Kier alpha value is -2.70. The summed E-state index contributed by atoms with van der Waals surface area (Å²) in [5, 5.41) is 7.59. The molecule has 3 N–H and O–H groups in total. The van der Waals surface area contributed by atoms with E-state index >= 15 is 0 Å². The maximum atomic E-state index is 12.8. The number of carbonyl (C=O) groups excluding carboxylic acids is 1. The number of pyridine rings is 1. The first kappa shape index (κ1) is 16.5.